The fourth-order valence-corrected chi connectivity index (χ4v) is 6.97. The maximum absolute atomic E-state index is 13.6. The maximum atomic E-state index is 13.6. The van der Waals surface area contributed by atoms with Crippen molar-refractivity contribution in [2.45, 2.75) is 13.8 Å². The van der Waals surface area contributed by atoms with Crippen LogP contribution < -0.4 is 20.9 Å². The quantitative estimate of drug-likeness (QED) is 0.0305. The number of nitrogen functional groups attached to an aromatic ring is 2. The van der Waals surface area contributed by atoms with Crippen molar-refractivity contribution in [1.82, 2.24) is 8.80 Å². The van der Waals surface area contributed by atoms with Gasteiger partial charge in [-0.3, -0.25) is 18.4 Å². The molecule has 0 amide bonds. The molecule has 0 radical (unpaired) electrons. The van der Waals surface area contributed by atoms with Crippen LogP contribution in [-0.4, -0.2) is 122 Å². The van der Waals surface area contributed by atoms with E-state index in [0.29, 0.717) is 97.9 Å². The number of benzene rings is 2. The fourth-order valence-electron chi connectivity index (χ4n) is 6.97. The molecule has 0 aliphatic carbocycles. The number of hydrogen-bond donors (Lipinski definition) is 4. The minimum Gasteiger partial charge on any atom is -0.478 e. The highest BCUT2D eigenvalue weighted by Gasteiger charge is 2.25. The van der Waals surface area contributed by atoms with Crippen LogP contribution in [0.2, 0.25) is 0 Å². The summed E-state index contributed by atoms with van der Waals surface area (Å²) in [5.41, 5.74) is 15.2. The van der Waals surface area contributed by atoms with E-state index < -0.39 is 11.9 Å². The lowest BCUT2D eigenvalue weighted by Gasteiger charge is -2.10. The number of anilines is 2. The number of carboxylic acids is 2. The van der Waals surface area contributed by atoms with E-state index in [4.69, 9.17) is 44.6 Å². The Labute approximate surface area is 362 Å². The number of nitrogens with two attached hydrogens (primary N) is 2. The number of nitrogens with zero attached hydrogens (tertiary/aromatic N) is 2. The standard InChI is InChI=1S/C46H50N4O13/c1-29-39(41(51)31-9-11-35(47)33(27-31)45(53)54)37-7-3-5-13-49(37)43(29)62-25-23-60-21-19-58-17-15-57-16-18-59-20-22-61-24-26-63-44-30(2)40(38-8-4-6-14-50(38)44)42(52)32-10-12-36(48)34(28-32)46(55)56/h3-14,27-28H,15-26,47-48H2,1-2H3,(H,53,54)(H,55,56). The average Bonchev–Trinajstić information content (AvgIpc) is 3.72. The lowest BCUT2D eigenvalue weighted by Crippen LogP contribution is -2.15. The fraction of sp³-hybridized carbons (Fsp3) is 0.304. The van der Waals surface area contributed by atoms with E-state index in [1.807, 2.05) is 24.3 Å². The third kappa shape index (κ3) is 11.0. The first-order valence-corrected chi connectivity index (χ1v) is 20.2. The minimum absolute atomic E-state index is 0.0780. The molecule has 0 bridgehead atoms. The van der Waals surface area contributed by atoms with Crippen molar-refractivity contribution in [1.29, 1.82) is 0 Å². The summed E-state index contributed by atoms with van der Waals surface area (Å²) < 4.78 is 43.7. The first-order chi connectivity index (χ1) is 30.5. The van der Waals surface area contributed by atoms with Gasteiger partial charge in [-0.25, -0.2) is 9.59 Å². The largest absolute Gasteiger partial charge is 0.478 e. The van der Waals surface area contributed by atoms with Crippen molar-refractivity contribution < 1.29 is 62.5 Å². The van der Waals surface area contributed by atoms with Crippen LogP contribution in [0.5, 0.6) is 11.8 Å². The molecule has 17 nitrogen and oxygen atoms in total. The second kappa shape index (κ2) is 21.9. The number of carbonyl (C=O) groups excluding carboxylic acids is 2. The number of pyridine rings is 2. The van der Waals surface area contributed by atoms with Gasteiger partial charge in [-0.05, 0) is 74.5 Å². The molecule has 0 aliphatic rings. The van der Waals surface area contributed by atoms with Gasteiger partial charge >= 0.3 is 11.9 Å². The van der Waals surface area contributed by atoms with Crippen molar-refractivity contribution in [3.05, 3.63) is 130 Å². The van der Waals surface area contributed by atoms with Crippen molar-refractivity contribution >= 4 is 45.9 Å². The van der Waals surface area contributed by atoms with Gasteiger partial charge in [0.25, 0.3) is 0 Å². The predicted molar refractivity (Wildman–Crippen MR) is 232 cm³/mol. The van der Waals surface area contributed by atoms with Crippen molar-refractivity contribution in [3.8, 4) is 11.8 Å². The van der Waals surface area contributed by atoms with Gasteiger partial charge in [-0.1, -0.05) is 12.1 Å². The van der Waals surface area contributed by atoms with E-state index in [2.05, 4.69) is 0 Å². The molecule has 0 aliphatic heterocycles. The molecule has 6 aromatic rings. The number of carboxylic acid groups (broad SMARTS) is 2. The van der Waals surface area contributed by atoms with E-state index in [-0.39, 0.29) is 71.6 Å². The SMILES string of the molecule is Cc1c(C(=O)c2ccc(N)c(C(=O)O)c2)c2ccccn2c1OCCOCCOCCOCCOCCOCCOc1c(C)c(C(=O)c2ccc(N)c(C(=O)O)c2)c2ccccn12. The maximum Gasteiger partial charge on any atom is 0.337 e. The Morgan fingerprint density at radius 1 is 0.492 bits per heavy atom. The second-order valence-electron chi connectivity index (χ2n) is 14.2. The molecule has 0 saturated heterocycles. The minimum atomic E-state index is -1.21. The van der Waals surface area contributed by atoms with Crippen LogP contribution in [0.4, 0.5) is 11.4 Å². The highest BCUT2D eigenvalue weighted by molar-refractivity contribution is 6.16. The van der Waals surface area contributed by atoms with E-state index in [1.54, 1.807) is 47.2 Å². The van der Waals surface area contributed by atoms with Gasteiger partial charge < -0.3 is 54.8 Å². The Bertz CT molecular complexity index is 2410. The van der Waals surface area contributed by atoms with Crippen LogP contribution in [-0.2, 0) is 23.7 Å². The van der Waals surface area contributed by atoms with E-state index in [0.717, 1.165) is 0 Å². The van der Waals surface area contributed by atoms with Crippen LogP contribution in [0.1, 0.15) is 63.7 Å². The number of aromatic carboxylic acids is 2. The van der Waals surface area contributed by atoms with Gasteiger partial charge in [-0.15, -0.1) is 0 Å². The average molecular weight is 867 g/mol. The molecular formula is C46H50N4O13. The molecule has 0 saturated carbocycles. The molecule has 4 heterocycles. The summed E-state index contributed by atoms with van der Waals surface area (Å²) in [7, 11) is 0. The normalized spacial score (nSPS) is 11.3. The number of aromatic nitrogens is 2. The third-order valence-electron chi connectivity index (χ3n) is 10.0. The molecule has 63 heavy (non-hydrogen) atoms. The zero-order chi connectivity index (χ0) is 44.9. The molecule has 0 spiro atoms. The van der Waals surface area contributed by atoms with E-state index >= 15 is 0 Å². The molecular weight excluding hydrogens is 817 g/mol. The lowest BCUT2D eigenvalue weighted by molar-refractivity contribution is -0.0143. The zero-order valence-corrected chi connectivity index (χ0v) is 35.0. The van der Waals surface area contributed by atoms with Crippen LogP contribution in [0.25, 0.3) is 11.0 Å². The molecule has 6 N–H and O–H groups in total. The Balaban J connectivity index is 0.806. The Morgan fingerprint density at radius 3 is 1.16 bits per heavy atom. The molecule has 2 aromatic carbocycles. The molecule has 0 atom stereocenters. The topological polar surface area (TPSA) is 234 Å². The monoisotopic (exact) mass is 866 g/mol. The van der Waals surface area contributed by atoms with Gasteiger partial charge in [0, 0.05) is 46.0 Å². The number of ether oxygens (including phenoxy) is 7. The number of fused-ring (bicyclic) bond motifs is 2. The molecule has 332 valence electrons. The van der Waals surface area contributed by atoms with E-state index in [9.17, 15) is 29.4 Å². The summed E-state index contributed by atoms with van der Waals surface area (Å²) in [5.74, 6) is -2.12. The Morgan fingerprint density at radius 2 is 0.825 bits per heavy atom. The van der Waals surface area contributed by atoms with Gasteiger partial charge in [0.15, 0.2) is 11.6 Å². The molecule has 4 aromatic heterocycles. The summed E-state index contributed by atoms with van der Waals surface area (Å²) in [4.78, 5) is 50.3. The van der Waals surface area contributed by atoms with E-state index in [1.165, 1.54) is 36.4 Å². The molecule has 17 heteroatoms. The number of ketones is 2. The van der Waals surface area contributed by atoms with Crippen molar-refractivity contribution in [3.63, 3.8) is 0 Å². The number of carbonyl (C=O) groups is 4. The van der Waals surface area contributed by atoms with Gasteiger partial charge in [0.1, 0.15) is 13.2 Å². The zero-order valence-electron chi connectivity index (χ0n) is 35.0. The summed E-state index contributed by atoms with van der Waals surface area (Å²) >= 11 is 0. The second-order valence-corrected chi connectivity index (χ2v) is 14.2. The summed E-state index contributed by atoms with van der Waals surface area (Å²) in [6, 6.07) is 19.3. The van der Waals surface area contributed by atoms with Crippen molar-refractivity contribution in [2.75, 3.05) is 90.7 Å². The Hall–Kier alpha value is -6.76. The third-order valence-corrected chi connectivity index (χ3v) is 10.0. The highest BCUT2D eigenvalue weighted by Crippen LogP contribution is 2.33. The summed E-state index contributed by atoms with van der Waals surface area (Å²) in [6.45, 7) is 7.58. The van der Waals surface area contributed by atoms with Gasteiger partial charge in [-0.2, -0.15) is 0 Å². The number of rotatable bonds is 26. The van der Waals surface area contributed by atoms with Gasteiger partial charge in [0.2, 0.25) is 11.8 Å². The summed E-state index contributed by atoms with van der Waals surface area (Å²) in [5, 5.41) is 18.9. The summed E-state index contributed by atoms with van der Waals surface area (Å²) in [6.07, 6.45) is 3.59. The van der Waals surface area contributed by atoms with Gasteiger partial charge in [0.05, 0.1) is 99.4 Å². The molecule has 0 fully saturated rings. The molecule has 6 rings (SSSR count). The van der Waals surface area contributed by atoms with Crippen LogP contribution in [0.3, 0.4) is 0 Å². The number of hydrogen-bond acceptors (Lipinski definition) is 13. The molecule has 0 unspecified atom stereocenters. The highest BCUT2D eigenvalue weighted by atomic mass is 16.6. The van der Waals surface area contributed by atoms with Crippen LogP contribution in [0, 0.1) is 13.8 Å². The van der Waals surface area contributed by atoms with Crippen LogP contribution >= 0.6 is 0 Å². The Kier molecular flexibility index (Phi) is 15.9. The van der Waals surface area contributed by atoms with Crippen LogP contribution in [0.15, 0.2) is 85.2 Å². The first kappa shape index (κ1) is 45.8. The smallest absolute Gasteiger partial charge is 0.337 e. The lowest BCUT2D eigenvalue weighted by atomic mass is 9.98. The predicted octanol–water partition coefficient (Wildman–Crippen LogP) is 5.37. The van der Waals surface area contributed by atoms with Crippen molar-refractivity contribution in [2.24, 2.45) is 0 Å². The first-order valence-electron chi connectivity index (χ1n) is 20.2.